The summed E-state index contributed by atoms with van der Waals surface area (Å²) in [5, 5.41) is 4.53. The molecule has 0 aliphatic heterocycles. The summed E-state index contributed by atoms with van der Waals surface area (Å²) in [7, 11) is -3.60. The molecule has 128 valence electrons. The minimum Gasteiger partial charge on any atom is -0.245 e. The third-order valence-electron chi connectivity index (χ3n) is 4.16. The number of hydrogen-bond acceptors (Lipinski definition) is 4. The van der Waals surface area contributed by atoms with Gasteiger partial charge < -0.3 is 0 Å². The standard InChI is InChI=1S/C17H19ClN2O2S2/c1-13-12-23-16(19-13)17(9-4-5-10-17)20-24(21,22)11-8-14-6-2-3-7-15(14)18/h2-3,6-8,11-12,20H,4-5,9-10H2,1H3. The number of thiazole rings is 1. The van der Waals surface area contributed by atoms with Crippen molar-refractivity contribution < 1.29 is 8.42 Å². The van der Waals surface area contributed by atoms with Crippen molar-refractivity contribution in [3.8, 4) is 0 Å². The van der Waals surface area contributed by atoms with E-state index < -0.39 is 15.6 Å². The minimum atomic E-state index is -3.60. The Bertz CT molecular complexity index is 853. The normalized spacial score (nSPS) is 17.6. The van der Waals surface area contributed by atoms with Gasteiger partial charge in [0.2, 0.25) is 10.0 Å². The lowest BCUT2D eigenvalue weighted by atomic mass is 10.0. The molecule has 0 radical (unpaired) electrons. The van der Waals surface area contributed by atoms with Crippen LogP contribution in [0.1, 0.15) is 41.9 Å². The molecule has 1 fully saturated rings. The van der Waals surface area contributed by atoms with Gasteiger partial charge in [-0.05, 0) is 37.5 Å². The molecule has 1 saturated carbocycles. The van der Waals surface area contributed by atoms with Crippen LogP contribution in [0.2, 0.25) is 5.02 Å². The molecular weight excluding hydrogens is 364 g/mol. The molecule has 4 nitrogen and oxygen atoms in total. The van der Waals surface area contributed by atoms with Crippen LogP contribution >= 0.6 is 22.9 Å². The molecule has 1 N–H and O–H groups in total. The highest BCUT2D eigenvalue weighted by Crippen LogP contribution is 2.40. The average Bonchev–Trinajstić information content (AvgIpc) is 3.16. The van der Waals surface area contributed by atoms with E-state index in [4.69, 9.17) is 11.6 Å². The number of hydrogen-bond donors (Lipinski definition) is 1. The topological polar surface area (TPSA) is 59.1 Å². The van der Waals surface area contributed by atoms with E-state index >= 15 is 0 Å². The van der Waals surface area contributed by atoms with Gasteiger partial charge in [0.1, 0.15) is 5.01 Å². The third-order valence-corrected chi connectivity index (χ3v) is 6.83. The largest absolute Gasteiger partial charge is 0.245 e. The monoisotopic (exact) mass is 382 g/mol. The maximum absolute atomic E-state index is 12.6. The summed E-state index contributed by atoms with van der Waals surface area (Å²) >= 11 is 7.59. The number of aryl methyl sites for hydroxylation is 1. The fourth-order valence-corrected chi connectivity index (χ4v) is 5.51. The first-order valence-electron chi connectivity index (χ1n) is 7.79. The second kappa shape index (κ2) is 6.96. The third kappa shape index (κ3) is 3.88. The van der Waals surface area contributed by atoms with Crippen molar-refractivity contribution in [2.75, 3.05) is 0 Å². The minimum absolute atomic E-state index is 0.523. The van der Waals surface area contributed by atoms with Crippen LogP contribution in [0.25, 0.3) is 6.08 Å². The first kappa shape index (κ1) is 17.6. The molecule has 1 aliphatic rings. The van der Waals surface area contributed by atoms with Gasteiger partial charge >= 0.3 is 0 Å². The summed E-state index contributed by atoms with van der Waals surface area (Å²) < 4.78 is 28.1. The summed E-state index contributed by atoms with van der Waals surface area (Å²) in [4.78, 5) is 4.53. The van der Waals surface area contributed by atoms with Crippen LogP contribution in [0, 0.1) is 6.92 Å². The summed E-state index contributed by atoms with van der Waals surface area (Å²) in [5.41, 5.74) is 1.02. The fourth-order valence-electron chi connectivity index (χ4n) is 2.99. The zero-order valence-corrected chi connectivity index (χ0v) is 15.7. The molecule has 1 heterocycles. The van der Waals surface area contributed by atoms with Crippen molar-refractivity contribution >= 4 is 39.0 Å². The van der Waals surface area contributed by atoms with E-state index in [1.54, 1.807) is 12.1 Å². The van der Waals surface area contributed by atoms with E-state index in [1.165, 1.54) is 22.8 Å². The lowest BCUT2D eigenvalue weighted by molar-refractivity contribution is 0.404. The van der Waals surface area contributed by atoms with Gasteiger partial charge in [-0.15, -0.1) is 11.3 Å². The van der Waals surface area contributed by atoms with Crippen molar-refractivity contribution in [2.24, 2.45) is 0 Å². The Morgan fingerprint density at radius 3 is 2.62 bits per heavy atom. The predicted molar refractivity (Wildman–Crippen MR) is 99.5 cm³/mol. The first-order chi connectivity index (χ1) is 11.4. The molecule has 1 aromatic heterocycles. The van der Waals surface area contributed by atoms with E-state index in [-0.39, 0.29) is 0 Å². The molecular formula is C17H19ClN2O2S2. The number of rotatable bonds is 5. The van der Waals surface area contributed by atoms with Crippen molar-refractivity contribution in [3.05, 3.63) is 56.3 Å². The SMILES string of the molecule is Cc1csc(C2(NS(=O)(=O)C=Cc3ccccc3Cl)CCCC2)n1. The quantitative estimate of drug-likeness (QED) is 0.830. The van der Waals surface area contributed by atoms with Gasteiger partial charge in [-0.25, -0.2) is 13.4 Å². The molecule has 0 unspecified atom stereocenters. The second-order valence-corrected chi connectivity index (χ2v) is 8.89. The number of nitrogens with zero attached hydrogens (tertiary/aromatic N) is 1. The van der Waals surface area contributed by atoms with Crippen molar-refractivity contribution in [1.82, 2.24) is 9.71 Å². The molecule has 1 aliphatic carbocycles. The van der Waals surface area contributed by atoms with Crippen LogP contribution in [0.4, 0.5) is 0 Å². The van der Waals surface area contributed by atoms with Crippen LogP contribution < -0.4 is 4.72 Å². The number of halogens is 1. The highest BCUT2D eigenvalue weighted by molar-refractivity contribution is 7.92. The summed E-state index contributed by atoms with van der Waals surface area (Å²) in [6.07, 6.45) is 5.07. The molecule has 0 spiro atoms. The van der Waals surface area contributed by atoms with Gasteiger partial charge in [0.15, 0.2) is 0 Å². The molecule has 0 bridgehead atoms. The maximum Gasteiger partial charge on any atom is 0.234 e. The maximum atomic E-state index is 12.6. The Labute approximate surface area is 151 Å². The van der Waals surface area contributed by atoms with Crippen molar-refractivity contribution in [3.63, 3.8) is 0 Å². The lowest BCUT2D eigenvalue weighted by Crippen LogP contribution is -2.42. The van der Waals surface area contributed by atoms with Gasteiger partial charge in [-0.1, -0.05) is 42.6 Å². The van der Waals surface area contributed by atoms with E-state index in [0.717, 1.165) is 36.4 Å². The Balaban J connectivity index is 1.85. The average molecular weight is 383 g/mol. The number of aromatic nitrogens is 1. The Hall–Kier alpha value is -1.21. The summed E-state index contributed by atoms with van der Waals surface area (Å²) in [6.45, 7) is 1.93. The molecule has 3 rings (SSSR count). The Kier molecular flexibility index (Phi) is 5.11. The van der Waals surface area contributed by atoms with E-state index in [0.29, 0.717) is 10.6 Å². The van der Waals surface area contributed by atoms with Gasteiger partial charge in [-0.2, -0.15) is 4.72 Å². The van der Waals surface area contributed by atoms with Crippen LogP contribution in [0.3, 0.4) is 0 Å². The van der Waals surface area contributed by atoms with Crippen molar-refractivity contribution in [2.45, 2.75) is 38.1 Å². The summed E-state index contributed by atoms with van der Waals surface area (Å²) in [5.74, 6) is 0. The molecule has 0 amide bonds. The number of benzene rings is 1. The number of nitrogens with one attached hydrogen (secondary N) is 1. The predicted octanol–water partition coefficient (Wildman–Crippen LogP) is 4.46. The van der Waals surface area contributed by atoms with Gasteiger partial charge in [0.05, 0.1) is 5.54 Å². The highest BCUT2D eigenvalue weighted by Gasteiger charge is 2.40. The van der Waals surface area contributed by atoms with Crippen LogP contribution in [-0.2, 0) is 15.6 Å². The van der Waals surface area contributed by atoms with Crippen LogP contribution in [0.15, 0.2) is 35.1 Å². The van der Waals surface area contributed by atoms with E-state index in [9.17, 15) is 8.42 Å². The van der Waals surface area contributed by atoms with Crippen molar-refractivity contribution in [1.29, 1.82) is 0 Å². The van der Waals surface area contributed by atoms with Gasteiger partial charge in [0.25, 0.3) is 0 Å². The Morgan fingerprint density at radius 2 is 2.00 bits per heavy atom. The van der Waals surface area contributed by atoms with E-state index in [2.05, 4.69) is 9.71 Å². The fraction of sp³-hybridized carbons (Fsp3) is 0.353. The molecule has 24 heavy (non-hydrogen) atoms. The molecule has 0 saturated heterocycles. The number of sulfonamides is 1. The lowest BCUT2D eigenvalue weighted by Gasteiger charge is -2.27. The molecule has 2 aromatic rings. The summed E-state index contributed by atoms with van der Waals surface area (Å²) in [6, 6.07) is 7.15. The van der Waals surface area contributed by atoms with Gasteiger partial charge in [-0.3, -0.25) is 0 Å². The highest BCUT2D eigenvalue weighted by atomic mass is 35.5. The second-order valence-electron chi connectivity index (χ2n) is 6.05. The Morgan fingerprint density at radius 1 is 1.29 bits per heavy atom. The smallest absolute Gasteiger partial charge is 0.234 e. The zero-order chi connectivity index (χ0) is 17.2. The van der Waals surface area contributed by atoms with Gasteiger partial charge in [0, 0.05) is 21.5 Å². The van der Waals surface area contributed by atoms with Crippen LogP contribution in [-0.4, -0.2) is 13.4 Å². The first-order valence-corrected chi connectivity index (χ1v) is 10.6. The molecule has 0 atom stereocenters. The zero-order valence-electron chi connectivity index (χ0n) is 13.3. The molecule has 7 heteroatoms. The molecule has 1 aromatic carbocycles. The van der Waals surface area contributed by atoms with Crippen LogP contribution in [0.5, 0.6) is 0 Å². The van der Waals surface area contributed by atoms with E-state index in [1.807, 2.05) is 24.4 Å².